The number of phenols is 1. The fourth-order valence-corrected chi connectivity index (χ4v) is 3.72. The number of phenolic OH excluding ortho intramolecular Hbond substituents is 1. The number of nitrogens with zero attached hydrogens (tertiary/aromatic N) is 2. The van der Waals surface area contributed by atoms with Gasteiger partial charge in [-0.2, -0.15) is 0 Å². The minimum Gasteiger partial charge on any atom is -0.504 e. The molecule has 1 saturated heterocycles. The first-order valence-electron chi connectivity index (χ1n) is 9.41. The van der Waals surface area contributed by atoms with Crippen LogP contribution in [0.2, 0.25) is 0 Å². The maximum absolute atomic E-state index is 13.1. The second kappa shape index (κ2) is 8.44. The molecule has 2 aromatic rings. The first-order chi connectivity index (χ1) is 13.0. The molecule has 0 aliphatic carbocycles. The van der Waals surface area contributed by atoms with E-state index in [1.54, 1.807) is 12.1 Å². The lowest BCUT2D eigenvalue weighted by atomic mass is 9.93. The monoisotopic (exact) mass is 368 g/mol. The van der Waals surface area contributed by atoms with Crippen LogP contribution in [0.1, 0.15) is 46.8 Å². The summed E-state index contributed by atoms with van der Waals surface area (Å²) in [5, 5.41) is 10.0. The average Bonchev–Trinajstić information content (AvgIpc) is 2.67. The molecular formula is C22H28N2O3. The van der Waals surface area contributed by atoms with E-state index in [1.165, 1.54) is 24.3 Å². The standard InChI is InChI=1S/C22H28N2O3/c1-23(2)15-16-7-9-17(10-8-16)19-6-4-5-13-24(19)22(26)18-11-12-21(27-3)20(25)14-18/h7-12,14,19,25H,4-6,13,15H2,1-3H3/t19-/m1/s1. The van der Waals surface area contributed by atoms with Crippen LogP contribution >= 0.6 is 0 Å². The first kappa shape index (κ1) is 19.2. The van der Waals surface area contributed by atoms with Crippen molar-refractivity contribution in [2.75, 3.05) is 27.7 Å². The van der Waals surface area contributed by atoms with Crippen LogP contribution < -0.4 is 4.74 Å². The summed E-state index contributed by atoms with van der Waals surface area (Å²) < 4.78 is 5.08. The predicted octanol–water partition coefficient (Wildman–Crippen LogP) is 3.83. The van der Waals surface area contributed by atoms with Crippen molar-refractivity contribution in [1.29, 1.82) is 0 Å². The zero-order valence-corrected chi connectivity index (χ0v) is 16.3. The van der Waals surface area contributed by atoms with E-state index in [-0.39, 0.29) is 17.7 Å². The Morgan fingerprint density at radius 2 is 1.93 bits per heavy atom. The molecule has 1 heterocycles. The highest BCUT2D eigenvalue weighted by molar-refractivity contribution is 5.95. The first-order valence-corrected chi connectivity index (χ1v) is 9.41. The highest BCUT2D eigenvalue weighted by atomic mass is 16.5. The van der Waals surface area contributed by atoms with Crippen LogP contribution in [0.3, 0.4) is 0 Å². The lowest BCUT2D eigenvalue weighted by Crippen LogP contribution is -2.38. The third-order valence-electron chi connectivity index (χ3n) is 5.05. The SMILES string of the molecule is COc1ccc(C(=O)N2CCCC[C@@H]2c2ccc(CN(C)C)cc2)cc1O. The smallest absolute Gasteiger partial charge is 0.254 e. The van der Waals surface area contributed by atoms with Gasteiger partial charge in [-0.1, -0.05) is 24.3 Å². The van der Waals surface area contributed by atoms with Crippen molar-refractivity contribution in [2.45, 2.75) is 31.8 Å². The van der Waals surface area contributed by atoms with Crippen LogP contribution in [-0.4, -0.2) is 48.6 Å². The molecule has 27 heavy (non-hydrogen) atoms. The molecule has 1 amide bonds. The third-order valence-corrected chi connectivity index (χ3v) is 5.05. The summed E-state index contributed by atoms with van der Waals surface area (Å²) in [4.78, 5) is 17.2. The van der Waals surface area contributed by atoms with Gasteiger partial charge < -0.3 is 19.6 Å². The van der Waals surface area contributed by atoms with E-state index in [0.717, 1.165) is 32.4 Å². The zero-order valence-electron chi connectivity index (χ0n) is 16.3. The molecular weight excluding hydrogens is 340 g/mol. The molecule has 3 rings (SSSR count). The van der Waals surface area contributed by atoms with E-state index in [0.29, 0.717) is 11.3 Å². The molecule has 0 saturated carbocycles. The normalized spacial score (nSPS) is 17.2. The maximum atomic E-state index is 13.1. The van der Waals surface area contributed by atoms with E-state index in [4.69, 9.17) is 4.74 Å². The number of rotatable bonds is 5. The summed E-state index contributed by atoms with van der Waals surface area (Å²) >= 11 is 0. The second-order valence-corrected chi connectivity index (χ2v) is 7.38. The Balaban J connectivity index is 1.82. The van der Waals surface area contributed by atoms with Gasteiger partial charge in [0.2, 0.25) is 0 Å². The molecule has 1 aliphatic rings. The summed E-state index contributed by atoms with van der Waals surface area (Å²) in [7, 11) is 5.61. The molecule has 1 fully saturated rings. The van der Waals surface area contributed by atoms with Gasteiger partial charge in [-0.3, -0.25) is 4.79 Å². The Kier molecular flexibility index (Phi) is 6.01. The number of carbonyl (C=O) groups is 1. The fraction of sp³-hybridized carbons (Fsp3) is 0.409. The van der Waals surface area contributed by atoms with Crippen molar-refractivity contribution < 1.29 is 14.6 Å². The molecule has 0 spiro atoms. The van der Waals surface area contributed by atoms with Crippen LogP contribution in [-0.2, 0) is 6.54 Å². The number of methoxy groups -OCH3 is 1. The second-order valence-electron chi connectivity index (χ2n) is 7.38. The van der Waals surface area contributed by atoms with Gasteiger partial charge in [-0.15, -0.1) is 0 Å². The van der Waals surface area contributed by atoms with Crippen molar-refractivity contribution in [1.82, 2.24) is 9.80 Å². The van der Waals surface area contributed by atoms with Crippen molar-refractivity contribution in [2.24, 2.45) is 0 Å². The van der Waals surface area contributed by atoms with Crippen molar-refractivity contribution in [3.05, 3.63) is 59.2 Å². The molecule has 5 heteroatoms. The third kappa shape index (κ3) is 4.42. The minimum absolute atomic E-state index is 0.00931. The highest BCUT2D eigenvalue weighted by Gasteiger charge is 2.29. The Morgan fingerprint density at radius 1 is 1.19 bits per heavy atom. The molecule has 2 aromatic carbocycles. The van der Waals surface area contributed by atoms with Crippen LogP contribution in [0.4, 0.5) is 0 Å². The van der Waals surface area contributed by atoms with Crippen LogP contribution in [0, 0.1) is 0 Å². The van der Waals surface area contributed by atoms with Gasteiger partial charge in [-0.05, 0) is 62.7 Å². The van der Waals surface area contributed by atoms with Crippen LogP contribution in [0.5, 0.6) is 11.5 Å². The van der Waals surface area contributed by atoms with Gasteiger partial charge in [-0.25, -0.2) is 0 Å². The number of aromatic hydroxyl groups is 1. The predicted molar refractivity (Wildman–Crippen MR) is 106 cm³/mol. The summed E-state index contributed by atoms with van der Waals surface area (Å²) in [5.41, 5.74) is 2.92. The highest BCUT2D eigenvalue weighted by Crippen LogP contribution is 2.34. The van der Waals surface area contributed by atoms with E-state index in [2.05, 4.69) is 43.3 Å². The number of likely N-dealkylation sites (tertiary alicyclic amines) is 1. The lowest BCUT2D eigenvalue weighted by molar-refractivity contribution is 0.0611. The lowest BCUT2D eigenvalue weighted by Gasteiger charge is -2.36. The van der Waals surface area contributed by atoms with Gasteiger partial charge in [0.05, 0.1) is 13.2 Å². The largest absolute Gasteiger partial charge is 0.504 e. The summed E-state index contributed by atoms with van der Waals surface area (Å²) in [6.07, 6.45) is 3.08. The number of hydrogen-bond acceptors (Lipinski definition) is 4. The molecule has 0 radical (unpaired) electrons. The van der Waals surface area contributed by atoms with E-state index >= 15 is 0 Å². The molecule has 0 bridgehead atoms. The molecule has 0 unspecified atom stereocenters. The van der Waals surface area contributed by atoms with Gasteiger partial charge in [0.25, 0.3) is 5.91 Å². The molecule has 1 aliphatic heterocycles. The van der Waals surface area contributed by atoms with Crippen LogP contribution in [0.25, 0.3) is 0 Å². The zero-order chi connectivity index (χ0) is 19.4. The Bertz CT molecular complexity index is 787. The fourth-order valence-electron chi connectivity index (χ4n) is 3.72. The Labute approximate surface area is 161 Å². The van der Waals surface area contributed by atoms with Gasteiger partial charge in [0, 0.05) is 18.7 Å². The van der Waals surface area contributed by atoms with E-state index < -0.39 is 0 Å². The number of carbonyl (C=O) groups excluding carboxylic acids is 1. The van der Waals surface area contributed by atoms with Crippen molar-refractivity contribution in [3.63, 3.8) is 0 Å². The average molecular weight is 368 g/mol. The number of amides is 1. The number of benzene rings is 2. The van der Waals surface area contributed by atoms with E-state index in [1.807, 2.05) is 4.90 Å². The molecule has 144 valence electrons. The van der Waals surface area contributed by atoms with Crippen LogP contribution in [0.15, 0.2) is 42.5 Å². The Hall–Kier alpha value is -2.53. The van der Waals surface area contributed by atoms with Crippen molar-refractivity contribution in [3.8, 4) is 11.5 Å². The number of ether oxygens (including phenoxy) is 1. The van der Waals surface area contributed by atoms with Gasteiger partial charge >= 0.3 is 0 Å². The minimum atomic E-state index is -0.0463. The Morgan fingerprint density at radius 3 is 2.56 bits per heavy atom. The summed E-state index contributed by atoms with van der Waals surface area (Å²) in [5.74, 6) is 0.318. The quantitative estimate of drug-likeness (QED) is 0.871. The van der Waals surface area contributed by atoms with Gasteiger partial charge in [0.1, 0.15) is 0 Å². The number of hydrogen-bond donors (Lipinski definition) is 1. The topological polar surface area (TPSA) is 53.0 Å². The molecule has 1 N–H and O–H groups in total. The van der Waals surface area contributed by atoms with Crippen molar-refractivity contribution >= 4 is 5.91 Å². The number of piperidine rings is 1. The maximum Gasteiger partial charge on any atom is 0.254 e. The molecule has 5 nitrogen and oxygen atoms in total. The molecule has 1 atom stereocenters. The summed E-state index contributed by atoms with van der Waals surface area (Å²) in [6.45, 7) is 1.63. The molecule has 0 aromatic heterocycles. The van der Waals surface area contributed by atoms with E-state index in [9.17, 15) is 9.90 Å². The van der Waals surface area contributed by atoms with Gasteiger partial charge in [0.15, 0.2) is 11.5 Å². The summed E-state index contributed by atoms with van der Waals surface area (Å²) in [6, 6.07) is 13.5.